The Hall–Kier alpha value is -3.04. The lowest BCUT2D eigenvalue weighted by atomic mass is 10.1. The molecule has 0 bridgehead atoms. The van der Waals surface area contributed by atoms with Gasteiger partial charge in [-0.2, -0.15) is 0 Å². The standard InChI is InChI=1S/C29H36ClN3O5S/c1-29(2,3)38-24(34)12-8-6-5-7-10-20-18-31-26(32-19-20)21-13-15-22(16-14-21)37-17-9-11-23-25(27(35)36-4)33-28(30)39-23/h13-16,18-19H,5-12,17H2,1-4H3. The fourth-order valence-electron chi connectivity index (χ4n) is 3.85. The first-order valence-corrected chi connectivity index (χ1v) is 14.3. The van der Waals surface area contributed by atoms with Gasteiger partial charge in [0.25, 0.3) is 0 Å². The number of hydrogen-bond donors (Lipinski definition) is 0. The molecule has 0 fully saturated rings. The van der Waals surface area contributed by atoms with Gasteiger partial charge in [-0.3, -0.25) is 4.79 Å². The number of carbonyl (C=O) groups is 2. The third kappa shape index (κ3) is 10.6. The molecule has 10 heteroatoms. The minimum atomic E-state index is -0.480. The molecule has 39 heavy (non-hydrogen) atoms. The van der Waals surface area contributed by atoms with E-state index in [1.807, 2.05) is 57.4 Å². The second-order valence-corrected chi connectivity index (χ2v) is 11.8. The number of hydrogen-bond acceptors (Lipinski definition) is 9. The Morgan fingerprint density at radius 1 is 0.949 bits per heavy atom. The van der Waals surface area contributed by atoms with Crippen LogP contribution >= 0.6 is 22.9 Å². The average molecular weight is 574 g/mol. The molecule has 0 N–H and O–H groups in total. The van der Waals surface area contributed by atoms with Crippen LogP contribution in [0.2, 0.25) is 4.47 Å². The topological polar surface area (TPSA) is 100 Å². The molecule has 2 heterocycles. The van der Waals surface area contributed by atoms with E-state index in [1.165, 1.54) is 18.4 Å². The highest BCUT2D eigenvalue weighted by atomic mass is 35.5. The van der Waals surface area contributed by atoms with Gasteiger partial charge in [-0.25, -0.2) is 19.7 Å². The Kier molecular flexibility index (Phi) is 11.7. The Morgan fingerprint density at radius 3 is 2.31 bits per heavy atom. The largest absolute Gasteiger partial charge is 0.494 e. The number of esters is 2. The maximum absolute atomic E-state index is 11.8. The van der Waals surface area contributed by atoms with Crippen molar-refractivity contribution in [2.24, 2.45) is 0 Å². The lowest BCUT2D eigenvalue weighted by Gasteiger charge is -2.19. The summed E-state index contributed by atoms with van der Waals surface area (Å²) in [7, 11) is 1.33. The molecule has 3 rings (SSSR count). The van der Waals surface area contributed by atoms with E-state index in [1.54, 1.807) is 0 Å². The van der Waals surface area contributed by atoms with Crippen LogP contribution in [0.3, 0.4) is 0 Å². The fourth-order valence-corrected chi connectivity index (χ4v) is 5.03. The summed E-state index contributed by atoms with van der Waals surface area (Å²) in [6.45, 7) is 6.15. The molecule has 0 aliphatic carbocycles. The summed E-state index contributed by atoms with van der Waals surface area (Å²) in [5.41, 5.74) is 1.87. The van der Waals surface area contributed by atoms with Crippen molar-refractivity contribution in [3.63, 3.8) is 0 Å². The van der Waals surface area contributed by atoms with E-state index in [0.29, 0.717) is 36.2 Å². The van der Waals surface area contributed by atoms with Gasteiger partial charge >= 0.3 is 11.9 Å². The normalized spacial score (nSPS) is 11.3. The molecule has 0 spiro atoms. The van der Waals surface area contributed by atoms with Gasteiger partial charge in [0.1, 0.15) is 11.4 Å². The zero-order valence-electron chi connectivity index (χ0n) is 23.0. The zero-order chi connectivity index (χ0) is 28.3. The molecule has 0 saturated heterocycles. The van der Waals surface area contributed by atoms with Gasteiger partial charge in [-0.15, -0.1) is 11.3 Å². The van der Waals surface area contributed by atoms with E-state index in [0.717, 1.165) is 53.9 Å². The molecule has 8 nitrogen and oxygen atoms in total. The van der Waals surface area contributed by atoms with Gasteiger partial charge in [0.05, 0.1) is 13.7 Å². The van der Waals surface area contributed by atoms with E-state index < -0.39 is 11.6 Å². The molecular weight excluding hydrogens is 538 g/mol. The maximum atomic E-state index is 11.8. The van der Waals surface area contributed by atoms with Crippen LogP contribution in [0.5, 0.6) is 5.75 Å². The van der Waals surface area contributed by atoms with Gasteiger partial charge in [0, 0.05) is 29.3 Å². The number of ether oxygens (including phenoxy) is 3. The number of methoxy groups -OCH3 is 1. The van der Waals surface area contributed by atoms with E-state index in [9.17, 15) is 9.59 Å². The summed E-state index contributed by atoms with van der Waals surface area (Å²) in [4.78, 5) is 37.5. The zero-order valence-corrected chi connectivity index (χ0v) is 24.6. The highest BCUT2D eigenvalue weighted by Crippen LogP contribution is 2.25. The second kappa shape index (κ2) is 14.9. The van der Waals surface area contributed by atoms with Crippen LogP contribution in [0, 0.1) is 0 Å². The van der Waals surface area contributed by atoms with Crippen molar-refractivity contribution in [3.05, 3.63) is 57.3 Å². The molecular formula is C29H36ClN3O5S. The van der Waals surface area contributed by atoms with E-state index in [2.05, 4.69) is 15.0 Å². The molecule has 3 aromatic rings. The monoisotopic (exact) mass is 573 g/mol. The quantitative estimate of drug-likeness (QED) is 0.152. The molecule has 0 amide bonds. The van der Waals surface area contributed by atoms with Crippen LogP contribution in [0.15, 0.2) is 36.7 Å². The minimum absolute atomic E-state index is 0.126. The van der Waals surface area contributed by atoms with E-state index in [-0.39, 0.29) is 11.7 Å². The average Bonchev–Trinajstić information content (AvgIpc) is 3.28. The summed E-state index contributed by atoms with van der Waals surface area (Å²) in [6.07, 6.45) is 10.4. The van der Waals surface area contributed by atoms with E-state index in [4.69, 9.17) is 25.8 Å². The Bertz CT molecular complexity index is 1210. The van der Waals surface area contributed by atoms with Gasteiger partial charge in [-0.05, 0) is 82.7 Å². The van der Waals surface area contributed by atoms with Crippen LogP contribution in [0.1, 0.15) is 80.2 Å². The lowest BCUT2D eigenvalue weighted by Crippen LogP contribution is -2.23. The number of benzene rings is 1. The molecule has 0 saturated carbocycles. The molecule has 0 atom stereocenters. The Balaban J connectivity index is 1.36. The van der Waals surface area contributed by atoms with Gasteiger partial charge < -0.3 is 14.2 Å². The number of rotatable bonds is 14. The van der Waals surface area contributed by atoms with Crippen LogP contribution in [0.4, 0.5) is 0 Å². The van der Waals surface area contributed by atoms with Crippen molar-refractivity contribution < 1.29 is 23.8 Å². The van der Waals surface area contributed by atoms with Crippen LogP contribution in [-0.4, -0.2) is 46.2 Å². The molecule has 1 aromatic carbocycles. The van der Waals surface area contributed by atoms with Crippen LogP contribution < -0.4 is 4.74 Å². The third-order valence-corrected chi connectivity index (χ3v) is 6.92. The van der Waals surface area contributed by atoms with Crippen LogP contribution in [0.25, 0.3) is 11.4 Å². The highest BCUT2D eigenvalue weighted by Gasteiger charge is 2.18. The third-order valence-electron chi connectivity index (χ3n) is 5.70. The minimum Gasteiger partial charge on any atom is -0.494 e. The number of thiazole rings is 1. The molecule has 210 valence electrons. The molecule has 0 radical (unpaired) electrons. The van der Waals surface area contributed by atoms with Crippen molar-refractivity contribution in [1.82, 2.24) is 15.0 Å². The Labute approximate surface area is 239 Å². The number of aromatic nitrogens is 3. The number of nitrogens with zero attached hydrogens (tertiary/aromatic N) is 3. The predicted octanol–water partition coefficient (Wildman–Crippen LogP) is 6.89. The van der Waals surface area contributed by atoms with Crippen molar-refractivity contribution in [3.8, 4) is 17.1 Å². The van der Waals surface area contributed by atoms with Crippen LogP contribution in [-0.2, 0) is 27.1 Å². The first-order valence-electron chi connectivity index (χ1n) is 13.1. The van der Waals surface area contributed by atoms with Crippen molar-refractivity contribution in [1.29, 1.82) is 0 Å². The van der Waals surface area contributed by atoms with Crippen molar-refractivity contribution in [2.45, 2.75) is 77.7 Å². The number of halogens is 1. The smallest absolute Gasteiger partial charge is 0.357 e. The highest BCUT2D eigenvalue weighted by molar-refractivity contribution is 7.16. The summed E-state index contributed by atoms with van der Waals surface area (Å²) in [5, 5.41) is 0. The number of unbranched alkanes of at least 4 members (excludes halogenated alkanes) is 3. The predicted molar refractivity (Wildman–Crippen MR) is 152 cm³/mol. The first-order chi connectivity index (χ1) is 18.6. The maximum Gasteiger partial charge on any atom is 0.357 e. The summed E-state index contributed by atoms with van der Waals surface area (Å²) < 4.78 is 16.3. The lowest BCUT2D eigenvalue weighted by molar-refractivity contribution is -0.154. The number of carbonyl (C=O) groups excluding carboxylic acids is 2. The van der Waals surface area contributed by atoms with Crippen molar-refractivity contribution in [2.75, 3.05) is 13.7 Å². The molecule has 0 aliphatic rings. The van der Waals surface area contributed by atoms with E-state index >= 15 is 0 Å². The molecule has 0 aliphatic heterocycles. The van der Waals surface area contributed by atoms with Crippen molar-refractivity contribution >= 4 is 34.9 Å². The molecule has 0 unspecified atom stereocenters. The summed E-state index contributed by atoms with van der Waals surface area (Å²) in [6, 6.07) is 7.67. The SMILES string of the molecule is COC(=O)c1nc(Cl)sc1CCCOc1ccc(-c2ncc(CCCCCCC(=O)OC(C)(C)C)cn2)cc1. The fraction of sp³-hybridized carbons (Fsp3) is 0.483. The summed E-state index contributed by atoms with van der Waals surface area (Å²) in [5.74, 6) is 0.809. The Morgan fingerprint density at radius 2 is 1.64 bits per heavy atom. The van der Waals surface area contributed by atoms with Gasteiger partial charge in [0.15, 0.2) is 16.0 Å². The number of aryl methyl sites for hydroxylation is 2. The summed E-state index contributed by atoms with van der Waals surface area (Å²) >= 11 is 7.24. The molecule has 2 aromatic heterocycles. The second-order valence-electron chi connectivity index (χ2n) is 10.1. The first kappa shape index (κ1) is 30.5. The van der Waals surface area contributed by atoms with Gasteiger partial charge in [-0.1, -0.05) is 24.4 Å². The van der Waals surface area contributed by atoms with Gasteiger partial charge in [0.2, 0.25) is 0 Å².